The van der Waals surface area contributed by atoms with E-state index in [-0.39, 0.29) is 11.7 Å². The topological polar surface area (TPSA) is 101 Å². The summed E-state index contributed by atoms with van der Waals surface area (Å²) in [6.07, 6.45) is 3.28. The van der Waals surface area contributed by atoms with Gasteiger partial charge in [0.25, 0.3) is 5.56 Å². The number of ether oxygens (including phenoxy) is 2. The first-order valence-electron chi connectivity index (χ1n) is 12.7. The number of aryl methyl sites for hydroxylation is 1. The quantitative estimate of drug-likeness (QED) is 0.467. The fourth-order valence-corrected chi connectivity index (χ4v) is 5.00. The minimum Gasteiger partial charge on any atom is -0.379 e. The number of hydrogen-bond donors (Lipinski definition) is 1. The molecule has 10 nitrogen and oxygen atoms in total. The summed E-state index contributed by atoms with van der Waals surface area (Å²) < 4.78 is 13.1. The average molecular weight is 482 g/mol. The molecular formula is C25H35N7O3. The van der Waals surface area contributed by atoms with Gasteiger partial charge in [0.05, 0.1) is 37.9 Å². The predicted octanol–water partition coefficient (Wildman–Crippen LogP) is 1.73. The summed E-state index contributed by atoms with van der Waals surface area (Å²) >= 11 is 0. The van der Waals surface area contributed by atoms with Crippen LogP contribution >= 0.6 is 0 Å². The molecule has 0 bridgehead atoms. The van der Waals surface area contributed by atoms with Gasteiger partial charge in [-0.2, -0.15) is 0 Å². The zero-order valence-corrected chi connectivity index (χ0v) is 20.5. The van der Waals surface area contributed by atoms with Crippen molar-refractivity contribution in [2.24, 2.45) is 0 Å². The van der Waals surface area contributed by atoms with Crippen LogP contribution < -0.4 is 5.56 Å². The molecule has 188 valence electrons. The van der Waals surface area contributed by atoms with Gasteiger partial charge < -0.3 is 14.5 Å². The summed E-state index contributed by atoms with van der Waals surface area (Å²) in [5.41, 5.74) is 2.69. The van der Waals surface area contributed by atoms with Crippen LogP contribution in [0, 0.1) is 6.92 Å². The molecule has 35 heavy (non-hydrogen) atoms. The highest BCUT2D eigenvalue weighted by molar-refractivity contribution is 5.81. The zero-order valence-electron chi connectivity index (χ0n) is 20.5. The van der Waals surface area contributed by atoms with E-state index >= 15 is 0 Å². The molecule has 0 saturated carbocycles. The maximum absolute atomic E-state index is 13.0. The summed E-state index contributed by atoms with van der Waals surface area (Å²) in [6.45, 7) is 10.0. The van der Waals surface area contributed by atoms with Crippen LogP contribution in [0.2, 0.25) is 0 Å². The molecule has 5 rings (SSSR count). The van der Waals surface area contributed by atoms with Gasteiger partial charge >= 0.3 is 0 Å². The number of fused-ring (bicyclic) bond motifs is 1. The molecule has 1 N–H and O–H groups in total. The highest BCUT2D eigenvalue weighted by atomic mass is 16.5. The first-order valence-corrected chi connectivity index (χ1v) is 12.7. The van der Waals surface area contributed by atoms with Gasteiger partial charge in [0.15, 0.2) is 5.82 Å². The molecule has 0 radical (unpaired) electrons. The molecule has 0 aliphatic carbocycles. The SMILES string of the molecule is Cc1cccc2cc(CN(CCCN3CCOCC3)Cc3nnnn3CC3CCCO3)c(=O)[nH]c12. The Balaban J connectivity index is 1.32. The van der Waals surface area contributed by atoms with Crippen molar-refractivity contribution in [1.29, 1.82) is 0 Å². The highest BCUT2D eigenvalue weighted by Crippen LogP contribution is 2.18. The molecule has 4 heterocycles. The summed E-state index contributed by atoms with van der Waals surface area (Å²) in [4.78, 5) is 20.8. The van der Waals surface area contributed by atoms with Crippen molar-refractivity contribution >= 4 is 10.9 Å². The van der Waals surface area contributed by atoms with Gasteiger partial charge in [0, 0.05) is 38.3 Å². The lowest BCUT2D eigenvalue weighted by molar-refractivity contribution is 0.0358. The number of benzene rings is 1. The number of aromatic amines is 1. The molecule has 2 aliphatic heterocycles. The zero-order chi connectivity index (χ0) is 24.0. The lowest BCUT2D eigenvalue weighted by atomic mass is 10.1. The van der Waals surface area contributed by atoms with Gasteiger partial charge in [-0.3, -0.25) is 14.6 Å². The van der Waals surface area contributed by atoms with Crippen molar-refractivity contribution in [3.63, 3.8) is 0 Å². The van der Waals surface area contributed by atoms with E-state index in [4.69, 9.17) is 9.47 Å². The van der Waals surface area contributed by atoms with Gasteiger partial charge in [-0.15, -0.1) is 5.10 Å². The van der Waals surface area contributed by atoms with E-state index < -0.39 is 0 Å². The number of pyridine rings is 1. The van der Waals surface area contributed by atoms with Gasteiger partial charge in [0.1, 0.15) is 0 Å². The predicted molar refractivity (Wildman–Crippen MR) is 132 cm³/mol. The number of tetrazole rings is 1. The van der Waals surface area contributed by atoms with Crippen LogP contribution in [-0.2, 0) is 29.1 Å². The van der Waals surface area contributed by atoms with Crippen molar-refractivity contribution in [3.8, 4) is 0 Å². The molecule has 3 aromatic rings. The Morgan fingerprint density at radius 1 is 1.20 bits per heavy atom. The van der Waals surface area contributed by atoms with E-state index in [2.05, 4.69) is 30.3 Å². The number of para-hydroxylation sites is 1. The van der Waals surface area contributed by atoms with Crippen LogP contribution in [0.15, 0.2) is 29.1 Å². The van der Waals surface area contributed by atoms with E-state index in [1.165, 1.54) is 0 Å². The van der Waals surface area contributed by atoms with E-state index in [1.807, 2.05) is 35.9 Å². The molecule has 2 fully saturated rings. The Hall–Kier alpha value is -2.66. The van der Waals surface area contributed by atoms with Gasteiger partial charge in [0.2, 0.25) is 0 Å². The number of rotatable bonds is 10. The van der Waals surface area contributed by atoms with Gasteiger partial charge in [-0.25, -0.2) is 4.68 Å². The molecule has 0 spiro atoms. The minimum atomic E-state index is -0.0380. The number of nitrogens with zero attached hydrogens (tertiary/aromatic N) is 6. The lowest BCUT2D eigenvalue weighted by Gasteiger charge is -2.28. The van der Waals surface area contributed by atoms with E-state index in [1.54, 1.807) is 0 Å². The Morgan fingerprint density at radius 2 is 2.09 bits per heavy atom. The molecule has 2 aromatic heterocycles. The van der Waals surface area contributed by atoms with Gasteiger partial charge in [-0.1, -0.05) is 18.2 Å². The monoisotopic (exact) mass is 481 g/mol. The van der Waals surface area contributed by atoms with Crippen LogP contribution in [0.3, 0.4) is 0 Å². The molecule has 1 unspecified atom stereocenters. The molecule has 10 heteroatoms. The van der Waals surface area contributed by atoms with Crippen LogP contribution in [0.5, 0.6) is 0 Å². The van der Waals surface area contributed by atoms with E-state index in [9.17, 15) is 4.79 Å². The fourth-order valence-electron chi connectivity index (χ4n) is 5.00. The third-order valence-electron chi connectivity index (χ3n) is 6.98. The third kappa shape index (κ3) is 6.13. The number of aromatic nitrogens is 5. The average Bonchev–Trinajstić information content (AvgIpc) is 3.53. The number of hydrogen-bond acceptors (Lipinski definition) is 8. The van der Waals surface area contributed by atoms with Crippen molar-refractivity contribution < 1.29 is 9.47 Å². The van der Waals surface area contributed by atoms with Crippen LogP contribution in [-0.4, -0.2) is 87.1 Å². The molecule has 1 aromatic carbocycles. The Morgan fingerprint density at radius 3 is 2.91 bits per heavy atom. The lowest BCUT2D eigenvalue weighted by Crippen LogP contribution is -2.38. The number of nitrogens with one attached hydrogen (secondary N) is 1. The fraction of sp³-hybridized carbons (Fsp3) is 0.600. The molecule has 1 atom stereocenters. The van der Waals surface area contributed by atoms with Crippen molar-refractivity contribution in [2.75, 3.05) is 46.0 Å². The highest BCUT2D eigenvalue weighted by Gasteiger charge is 2.21. The summed E-state index contributed by atoms with van der Waals surface area (Å²) in [6, 6.07) is 8.11. The van der Waals surface area contributed by atoms with Crippen molar-refractivity contribution in [1.82, 2.24) is 35.0 Å². The second kappa shape index (κ2) is 11.4. The Labute approximate surface area is 205 Å². The maximum atomic E-state index is 13.0. The summed E-state index contributed by atoms with van der Waals surface area (Å²) in [5, 5.41) is 13.5. The minimum absolute atomic E-state index is 0.0380. The summed E-state index contributed by atoms with van der Waals surface area (Å²) in [7, 11) is 0. The van der Waals surface area contributed by atoms with Crippen LogP contribution in [0.4, 0.5) is 0 Å². The third-order valence-corrected chi connectivity index (χ3v) is 6.98. The molecule has 0 amide bonds. The van der Waals surface area contributed by atoms with E-state index in [0.717, 1.165) is 93.1 Å². The Kier molecular flexibility index (Phi) is 7.82. The van der Waals surface area contributed by atoms with Crippen LogP contribution in [0.1, 0.15) is 36.2 Å². The molecular weight excluding hydrogens is 446 g/mol. The van der Waals surface area contributed by atoms with Crippen molar-refractivity contribution in [2.45, 2.75) is 51.9 Å². The first kappa shape index (κ1) is 24.1. The van der Waals surface area contributed by atoms with Crippen LogP contribution in [0.25, 0.3) is 10.9 Å². The normalized spacial score (nSPS) is 19.2. The molecule has 2 aliphatic rings. The smallest absolute Gasteiger partial charge is 0.252 e. The standard InChI is InChI=1S/C25H35N7O3/c1-19-5-2-6-20-15-21(25(33)26-24(19)20)16-31(9-4-8-30-10-13-34-14-11-30)18-23-27-28-29-32(23)17-22-7-3-12-35-22/h2,5-6,15,22H,3-4,7-14,16-18H2,1H3,(H,26,33). The first-order chi connectivity index (χ1) is 17.2. The number of H-pyrrole nitrogens is 1. The largest absolute Gasteiger partial charge is 0.379 e. The maximum Gasteiger partial charge on any atom is 0.252 e. The van der Waals surface area contributed by atoms with Gasteiger partial charge in [-0.05, 0) is 60.2 Å². The summed E-state index contributed by atoms with van der Waals surface area (Å²) in [5.74, 6) is 0.805. The Bertz CT molecular complexity index is 1170. The van der Waals surface area contributed by atoms with E-state index in [0.29, 0.717) is 19.6 Å². The second-order valence-electron chi connectivity index (χ2n) is 9.59. The second-order valence-corrected chi connectivity index (χ2v) is 9.59. The van der Waals surface area contributed by atoms with Crippen molar-refractivity contribution in [3.05, 3.63) is 51.6 Å². The molecule has 2 saturated heterocycles. The number of morpholine rings is 1.